The summed E-state index contributed by atoms with van der Waals surface area (Å²) in [5.74, 6) is 1.09. The Morgan fingerprint density at radius 2 is 2.00 bits per heavy atom. The molecule has 0 spiro atoms. The van der Waals surface area contributed by atoms with E-state index in [1.54, 1.807) is 16.7 Å². The van der Waals surface area contributed by atoms with Crippen molar-refractivity contribution in [3.8, 4) is 0 Å². The largest absolute Gasteiger partial charge is 0.342 e. The third-order valence-electron chi connectivity index (χ3n) is 2.34. The molecule has 0 radical (unpaired) electrons. The Morgan fingerprint density at radius 3 is 2.50 bits per heavy atom. The number of hydrogen-bond donors (Lipinski definition) is 0. The summed E-state index contributed by atoms with van der Waals surface area (Å²) in [7, 11) is 0. The SMILES string of the molecule is CSCCC(=O)N1CCN(C=O)CC1. The molecule has 0 bridgehead atoms. The second kappa shape index (κ2) is 5.90. The van der Waals surface area contributed by atoms with E-state index in [0.29, 0.717) is 32.6 Å². The third kappa shape index (κ3) is 3.21. The lowest BCUT2D eigenvalue weighted by molar-refractivity contribution is -0.134. The Balaban J connectivity index is 2.26. The fraction of sp³-hybridized carbons (Fsp3) is 0.778. The van der Waals surface area contributed by atoms with E-state index in [2.05, 4.69) is 0 Å². The second-order valence-electron chi connectivity index (χ2n) is 3.26. The van der Waals surface area contributed by atoms with Crippen molar-refractivity contribution in [1.82, 2.24) is 9.80 Å². The molecule has 80 valence electrons. The van der Waals surface area contributed by atoms with Gasteiger partial charge in [-0.15, -0.1) is 0 Å². The molecular weight excluding hydrogens is 200 g/mol. The second-order valence-corrected chi connectivity index (χ2v) is 4.25. The van der Waals surface area contributed by atoms with Crippen LogP contribution in [0.25, 0.3) is 0 Å². The first-order valence-corrected chi connectivity index (χ1v) is 6.13. The number of carbonyl (C=O) groups excluding carboxylic acids is 2. The zero-order valence-electron chi connectivity index (χ0n) is 8.44. The Morgan fingerprint density at radius 1 is 1.36 bits per heavy atom. The van der Waals surface area contributed by atoms with Crippen molar-refractivity contribution in [2.45, 2.75) is 6.42 Å². The molecule has 1 fully saturated rings. The standard InChI is InChI=1S/C9H16N2O2S/c1-14-7-2-9(13)11-5-3-10(8-12)4-6-11/h8H,2-7H2,1H3. The van der Waals surface area contributed by atoms with E-state index in [1.165, 1.54) is 0 Å². The van der Waals surface area contributed by atoms with Crippen LogP contribution in [0.4, 0.5) is 0 Å². The van der Waals surface area contributed by atoms with Gasteiger partial charge in [0.2, 0.25) is 12.3 Å². The van der Waals surface area contributed by atoms with Crippen LogP contribution in [-0.4, -0.2) is 60.3 Å². The molecule has 14 heavy (non-hydrogen) atoms. The summed E-state index contributed by atoms with van der Waals surface area (Å²) in [5, 5.41) is 0. The summed E-state index contributed by atoms with van der Waals surface area (Å²) in [4.78, 5) is 25.5. The highest BCUT2D eigenvalue weighted by Gasteiger charge is 2.19. The van der Waals surface area contributed by atoms with Gasteiger partial charge in [0.25, 0.3) is 0 Å². The van der Waals surface area contributed by atoms with Gasteiger partial charge >= 0.3 is 0 Å². The highest BCUT2D eigenvalue weighted by Crippen LogP contribution is 2.04. The summed E-state index contributed by atoms with van der Waals surface area (Å²) in [6, 6.07) is 0. The molecule has 0 unspecified atom stereocenters. The van der Waals surface area contributed by atoms with E-state index in [4.69, 9.17) is 0 Å². The maximum Gasteiger partial charge on any atom is 0.223 e. The van der Waals surface area contributed by atoms with E-state index in [1.807, 2.05) is 11.2 Å². The van der Waals surface area contributed by atoms with Crippen LogP contribution in [0, 0.1) is 0 Å². The van der Waals surface area contributed by atoms with Gasteiger partial charge in [-0.3, -0.25) is 9.59 Å². The van der Waals surface area contributed by atoms with E-state index in [0.717, 1.165) is 12.2 Å². The lowest BCUT2D eigenvalue weighted by Gasteiger charge is -2.32. The Hall–Kier alpha value is -0.710. The average Bonchev–Trinajstić information content (AvgIpc) is 2.26. The molecule has 1 rings (SSSR count). The van der Waals surface area contributed by atoms with Gasteiger partial charge in [-0.05, 0) is 6.26 Å². The van der Waals surface area contributed by atoms with E-state index < -0.39 is 0 Å². The quantitative estimate of drug-likeness (QED) is 0.623. The molecule has 1 heterocycles. The Bertz CT molecular complexity index is 203. The summed E-state index contributed by atoms with van der Waals surface area (Å²) in [5.41, 5.74) is 0. The van der Waals surface area contributed by atoms with Crippen LogP contribution in [-0.2, 0) is 9.59 Å². The first-order valence-electron chi connectivity index (χ1n) is 4.74. The lowest BCUT2D eigenvalue weighted by atomic mass is 10.3. The van der Waals surface area contributed by atoms with Crippen molar-refractivity contribution in [3.63, 3.8) is 0 Å². The average molecular weight is 216 g/mol. The predicted molar refractivity (Wildman–Crippen MR) is 57.2 cm³/mol. The van der Waals surface area contributed by atoms with Crippen LogP contribution in [0.1, 0.15) is 6.42 Å². The number of nitrogens with zero attached hydrogens (tertiary/aromatic N) is 2. The molecule has 2 amide bonds. The van der Waals surface area contributed by atoms with Gasteiger partial charge in [-0.1, -0.05) is 0 Å². The van der Waals surface area contributed by atoms with Crippen molar-refractivity contribution < 1.29 is 9.59 Å². The van der Waals surface area contributed by atoms with Crippen molar-refractivity contribution in [2.75, 3.05) is 38.2 Å². The van der Waals surface area contributed by atoms with E-state index >= 15 is 0 Å². The van der Waals surface area contributed by atoms with Gasteiger partial charge in [0.05, 0.1) is 0 Å². The van der Waals surface area contributed by atoms with Crippen molar-refractivity contribution >= 4 is 24.1 Å². The molecule has 1 aliphatic heterocycles. The molecule has 4 nitrogen and oxygen atoms in total. The summed E-state index contributed by atoms with van der Waals surface area (Å²) in [6.45, 7) is 2.72. The summed E-state index contributed by atoms with van der Waals surface area (Å²) < 4.78 is 0. The highest BCUT2D eigenvalue weighted by molar-refractivity contribution is 7.98. The van der Waals surface area contributed by atoms with Crippen molar-refractivity contribution in [1.29, 1.82) is 0 Å². The topological polar surface area (TPSA) is 40.6 Å². The van der Waals surface area contributed by atoms with Crippen LogP contribution in [0.3, 0.4) is 0 Å². The van der Waals surface area contributed by atoms with Crippen LogP contribution < -0.4 is 0 Å². The molecule has 0 aromatic carbocycles. The lowest BCUT2D eigenvalue weighted by Crippen LogP contribution is -2.48. The van der Waals surface area contributed by atoms with Crippen molar-refractivity contribution in [2.24, 2.45) is 0 Å². The Kier molecular flexibility index (Phi) is 4.79. The summed E-state index contributed by atoms with van der Waals surface area (Å²) >= 11 is 1.68. The number of carbonyl (C=O) groups is 2. The fourth-order valence-electron chi connectivity index (χ4n) is 1.42. The molecule has 5 heteroatoms. The zero-order chi connectivity index (χ0) is 10.4. The van der Waals surface area contributed by atoms with Gasteiger partial charge in [0.15, 0.2) is 0 Å². The molecule has 1 saturated heterocycles. The Labute approximate surface area is 88.6 Å². The third-order valence-corrected chi connectivity index (χ3v) is 2.95. The van der Waals surface area contributed by atoms with Crippen LogP contribution >= 0.6 is 11.8 Å². The molecular formula is C9H16N2O2S. The first kappa shape index (κ1) is 11.4. The minimum absolute atomic E-state index is 0.213. The zero-order valence-corrected chi connectivity index (χ0v) is 9.26. The van der Waals surface area contributed by atoms with Gasteiger partial charge in [0, 0.05) is 38.4 Å². The smallest absolute Gasteiger partial charge is 0.223 e. The minimum atomic E-state index is 0.213. The number of hydrogen-bond acceptors (Lipinski definition) is 3. The fourth-order valence-corrected chi connectivity index (χ4v) is 1.80. The molecule has 1 aliphatic rings. The summed E-state index contributed by atoms with van der Waals surface area (Å²) in [6.07, 6.45) is 3.46. The molecule has 0 N–H and O–H groups in total. The molecule has 0 atom stereocenters. The molecule has 0 aliphatic carbocycles. The first-order chi connectivity index (χ1) is 6.77. The predicted octanol–water partition coefficient (Wildman–Crippen LogP) is 0.0401. The van der Waals surface area contributed by atoms with Crippen LogP contribution in [0.5, 0.6) is 0 Å². The van der Waals surface area contributed by atoms with E-state index in [9.17, 15) is 9.59 Å². The van der Waals surface area contributed by atoms with Gasteiger partial charge in [-0.25, -0.2) is 0 Å². The van der Waals surface area contributed by atoms with Gasteiger partial charge in [-0.2, -0.15) is 11.8 Å². The minimum Gasteiger partial charge on any atom is -0.342 e. The molecule has 0 saturated carbocycles. The van der Waals surface area contributed by atoms with Gasteiger partial charge < -0.3 is 9.80 Å². The number of amides is 2. The number of thioether (sulfide) groups is 1. The maximum absolute atomic E-state index is 11.6. The number of piperazine rings is 1. The van der Waals surface area contributed by atoms with E-state index in [-0.39, 0.29) is 5.91 Å². The normalized spacial score (nSPS) is 16.9. The monoisotopic (exact) mass is 216 g/mol. The van der Waals surface area contributed by atoms with Gasteiger partial charge in [0.1, 0.15) is 0 Å². The highest BCUT2D eigenvalue weighted by atomic mass is 32.2. The molecule has 0 aromatic rings. The van der Waals surface area contributed by atoms with Crippen LogP contribution in [0.15, 0.2) is 0 Å². The number of rotatable bonds is 4. The molecule has 0 aromatic heterocycles. The maximum atomic E-state index is 11.6. The van der Waals surface area contributed by atoms with Crippen molar-refractivity contribution in [3.05, 3.63) is 0 Å². The van der Waals surface area contributed by atoms with Crippen LogP contribution in [0.2, 0.25) is 0 Å².